The molecule has 0 saturated carbocycles. The number of piperidine rings is 1. The second-order valence-corrected chi connectivity index (χ2v) is 6.24. The van der Waals surface area contributed by atoms with E-state index in [1.807, 2.05) is 30.3 Å². The number of amides is 2. The van der Waals surface area contributed by atoms with E-state index < -0.39 is 6.04 Å². The van der Waals surface area contributed by atoms with Gasteiger partial charge in [0.15, 0.2) is 5.76 Å². The van der Waals surface area contributed by atoms with Crippen LogP contribution < -0.4 is 16.0 Å². The summed E-state index contributed by atoms with van der Waals surface area (Å²) in [6.07, 6.45) is 3.85. The first kappa shape index (κ1) is 20.0. The van der Waals surface area contributed by atoms with Crippen molar-refractivity contribution in [3.8, 4) is 0 Å². The number of hydrogen-bond acceptors (Lipinski definition) is 4. The fourth-order valence-electron chi connectivity index (χ4n) is 2.97. The predicted octanol–water partition coefficient (Wildman–Crippen LogP) is 1.91. The molecule has 0 bridgehead atoms. The quantitative estimate of drug-likeness (QED) is 0.718. The number of carbonyl (C=O) groups excluding carboxylic acids is 2. The summed E-state index contributed by atoms with van der Waals surface area (Å²) in [6.45, 7) is 1.74. The summed E-state index contributed by atoms with van der Waals surface area (Å²) in [7, 11) is 0. The van der Waals surface area contributed by atoms with E-state index in [1.165, 1.54) is 6.26 Å². The van der Waals surface area contributed by atoms with Crippen LogP contribution in [0.3, 0.4) is 0 Å². The van der Waals surface area contributed by atoms with E-state index in [0.717, 1.165) is 31.5 Å². The molecular weight excluding hydrogens is 354 g/mol. The predicted molar refractivity (Wildman–Crippen MR) is 101 cm³/mol. The van der Waals surface area contributed by atoms with Gasteiger partial charge in [-0.3, -0.25) is 9.59 Å². The van der Waals surface area contributed by atoms with E-state index in [0.29, 0.717) is 6.42 Å². The number of furan rings is 1. The van der Waals surface area contributed by atoms with Crippen molar-refractivity contribution < 1.29 is 14.0 Å². The van der Waals surface area contributed by atoms with Crippen molar-refractivity contribution >= 4 is 24.2 Å². The number of halogens is 1. The standard InChI is InChI=1S/C19H23N3O3.ClH/c23-18(21-15-8-4-10-20-13-15)16(12-14-6-2-1-3-7-14)22-19(24)17-9-5-11-25-17;/h1-3,5-7,9,11,15-16,20H,4,8,10,12-13H2,(H,21,23)(H,22,24);1H. The van der Waals surface area contributed by atoms with Gasteiger partial charge in [0.25, 0.3) is 5.91 Å². The maximum Gasteiger partial charge on any atom is 0.287 e. The fourth-order valence-corrected chi connectivity index (χ4v) is 2.97. The van der Waals surface area contributed by atoms with E-state index in [9.17, 15) is 9.59 Å². The van der Waals surface area contributed by atoms with E-state index >= 15 is 0 Å². The minimum Gasteiger partial charge on any atom is -0.459 e. The summed E-state index contributed by atoms with van der Waals surface area (Å²) in [6, 6.07) is 12.3. The maximum absolute atomic E-state index is 12.7. The Hall–Kier alpha value is -2.31. The van der Waals surface area contributed by atoms with Crippen molar-refractivity contribution in [1.82, 2.24) is 16.0 Å². The molecule has 1 fully saturated rings. The van der Waals surface area contributed by atoms with Crippen LogP contribution in [0.2, 0.25) is 0 Å². The van der Waals surface area contributed by atoms with Gasteiger partial charge in [0.1, 0.15) is 6.04 Å². The number of hydrogen-bond donors (Lipinski definition) is 3. The zero-order valence-electron chi connectivity index (χ0n) is 14.4. The lowest BCUT2D eigenvalue weighted by molar-refractivity contribution is -0.123. The van der Waals surface area contributed by atoms with Crippen LogP contribution in [0.4, 0.5) is 0 Å². The summed E-state index contributed by atoms with van der Waals surface area (Å²) in [5.41, 5.74) is 0.990. The normalized spacial score (nSPS) is 17.6. The van der Waals surface area contributed by atoms with Gasteiger partial charge in [-0.15, -0.1) is 12.4 Å². The summed E-state index contributed by atoms with van der Waals surface area (Å²) in [4.78, 5) is 25.0. The fraction of sp³-hybridized carbons (Fsp3) is 0.368. The van der Waals surface area contributed by atoms with Crippen molar-refractivity contribution in [2.45, 2.75) is 31.3 Å². The third-order valence-corrected chi connectivity index (χ3v) is 4.29. The molecule has 0 aliphatic carbocycles. The largest absolute Gasteiger partial charge is 0.459 e. The molecule has 1 aliphatic rings. The average Bonchev–Trinajstić information content (AvgIpc) is 3.18. The van der Waals surface area contributed by atoms with Crippen molar-refractivity contribution in [1.29, 1.82) is 0 Å². The minimum atomic E-state index is -0.651. The molecular formula is C19H24ClN3O3. The van der Waals surface area contributed by atoms with E-state index in [-0.39, 0.29) is 36.0 Å². The van der Waals surface area contributed by atoms with E-state index in [2.05, 4.69) is 16.0 Å². The van der Waals surface area contributed by atoms with Crippen LogP contribution in [0.1, 0.15) is 29.0 Å². The lowest BCUT2D eigenvalue weighted by Gasteiger charge is -2.26. The zero-order valence-corrected chi connectivity index (χ0v) is 15.3. The first-order chi connectivity index (χ1) is 12.2. The Morgan fingerprint density at radius 1 is 1.19 bits per heavy atom. The van der Waals surface area contributed by atoms with Crippen LogP contribution in [0.25, 0.3) is 0 Å². The van der Waals surface area contributed by atoms with Crippen LogP contribution in [0, 0.1) is 0 Å². The van der Waals surface area contributed by atoms with Crippen molar-refractivity contribution in [3.63, 3.8) is 0 Å². The van der Waals surface area contributed by atoms with E-state index in [4.69, 9.17) is 4.42 Å². The van der Waals surface area contributed by atoms with Gasteiger partial charge in [-0.1, -0.05) is 30.3 Å². The van der Waals surface area contributed by atoms with Gasteiger partial charge >= 0.3 is 0 Å². The molecule has 3 rings (SSSR count). The van der Waals surface area contributed by atoms with Gasteiger partial charge in [-0.05, 0) is 37.1 Å². The molecule has 26 heavy (non-hydrogen) atoms. The lowest BCUT2D eigenvalue weighted by Crippen LogP contribution is -2.53. The highest BCUT2D eigenvalue weighted by molar-refractivity contribution is 5.95. The first-order valence-corrected chi connectivity index (χ1v) is 8.62. The molecule has 1 aliphatic heterocycles. The molecule has 2 unspecified atom stereocenters. The van der Waals surface area contributed by atoms with Gasteiger partial charge in [0.05, 0.1) is 6.26 Å². The molecule has 2 amide bonds. The number of rotatable bonds is 6. The number of benzene rings is 1. The first-order valence-electron chi connectivity index (χ1n) is 8.62. The second-order valence-electron chi connectivity index (χ2n) is 6.24. The molecule has 140 valence electrons. The average molecular weight is 378 g/mol. The van der Waals surface area contributed by atoms with Crippen molar-refractivity contribution in [2.75, 3.05) is 13.1 Å². The van der Waals surface area contributed by atoms with Crippen LogP contribution >= 0.6 is 12.4 Å². The monoisotopic (exact) mass is 377 g/mol. The highest BCUT2D eigenvalue weighted by Gasteiger charge is 2.25. The summed E-state index contributed by atoms with van der Waals surface area (Å²) in [5.74, 6) is -0.356. The lowest BCUT2D eigenvalue weighted by atomic mass is 10.0. The minimum absolute atomic E-state index is 0. The highest BCUT2D eigenvalue weighted by Crippen LogP contribution is 2.08. The van der Waals surface area contributed by atoms with Crippen LogP contribution in [-0.4, -0.2) is 37.0 Å². The Morgan fingerprint density at radius 3 is 2.65 bits per heavy atom. The third kappa shape index (κ3) is 5.61. The molecule has 3 N–H and O–H groups in total. The van der Waals surface area contributed by atoms with Gasteiger partial charge < -0.3 is 20.4 Å². The number of carbonyl (C=O) groups is 2. The van der Waals surface area contributed by atoms with Crippen LogP contribution in [0.5, 0.6) is 0 Å². The zero-order chi connectivity index (χ0) is 17.5. The molecule has 2 heterocycles. The van der Waals surface area contributed by atoms with Crippen LogP contribution in [0.15, 0.2) is 53.1 Å². The molecule has 0 radical (unpaired) electrons. The van der Waals surface area contributed by atoms with Gasteiger partial charge in [0, 0.05) is 19.0 Å². The maximum atomic E-state index is 12.7. The summed E-state index contributed by atoms with van der Waals surface area (Å²) < 4.78 is 5.12. The van der Waals surface area contributed by atoms with Gasteiger partial charge in [-0.2, -0.15) is 0 Å². The smallest absolute Gasteiger partial charge is 0.287 e. The Kier molecular flexibility index (Phi) is 7.69. The summed E-state index contributed by atoms with van der Waals surface area (Å²) >= 11 is 0. The molecule has 6 nitrogen and oxygen atoms in total. The molecule has 1 aromatic heterocycles. The molecule has 1 saturated heterocycles. The van der Waals surface area contributed by atoms with E-state index in [1.54, 1.807) is 12.1 Å². The summed E-state index contributed by atoms with van der Waals surface area (Å²) in [5, 5.41) is 9.11. The van der Waals surface area contributed by atoms with Crippen molar-refractivity contribution in [3.05, 3.63) is 60.1 Å². The Balaban J connectivity index is 0.00000243. The van der Waals surface area contributed by atoms with Gasteiger partial charge in [-0.25, -0.2) is 0 Å². The Morgan fingerprint density at radius 2 is 2.00 bits per heavy atom. The Labute approximate surface area is 159 Å². The molecule has 2 atom stereocenters. The molecule has 2 aromatic rings. The van der Waals surface area contributed by atoms with Crippen LogP contribution in [-0.2, 0) is 11.2 Å². The molecule has 0 spiro atoms. The highest BCUT2D eigenvalue weighted by atomic mass is 35.5. The third-order valence-electron chi connectivity index (χ3n) is 4.29. The SMILES string of the molecule is Cl.O=C(NC(Cc1ccccc1)C(=O)NC1CCCNC1)c1ccco1. The van der Waals surface area contributed by atoms with Crippen molar-refractivity contribution in [2.24, 2.45) is 0 Å². The second kappa shape index (κ2) is 9.99. The number of nitrogens with one attached hydrogen (secondary N) is 3. The van der Waals surface area contributed by atoms with Gasteiger partial charge in [0.2, 0.25) is 5.91 Å². The topological polar surface area (TPSA) is 83.4 Å². The molecule has 7 heteroatoms. The molecule has 1 aromatic carbocycles. The Bertz CT molecular complexity index is 685.